The molecule has 4 heteroatoms. The first-order valence-corrected chi connectivity index (χ1v) is 11.0. The van der Waals surface area contributed by atoms with Crippen molar-refractivity contribution < 1.29 is 19.1 Å². The topological polar surface area (TPSA) is 60.4 Å². The van der Waals surface area contributed by atoms with Crippen LogP contribution in [-0.2, 0) is 19.1 Å². The molecule has 0 aromatic carbocycles. The molecule has 0 spiro atoms. The molecule has 0 saturated heterocycles. The van der Waals surface area contributed by atoms with E-state index < -0.39 is 0 Å². The number of Topliss-reactive ketones (excluding diaryl/α,β-unsaturated/α-hetero) is 1. The van der Waals surface area contributed by atoms with E-state index in [9.17, 15) is 14.4 Å². The lowest BCUT2D eigenvalue weighted by Gasteiger charge is -2.10. The van der Waals surface area contributed by atoms with E-state index in [0.29, 0.717) is 17.6 Å². The van der Waals surface area contributed by atoms with E-state index in [0.717, 1.165) is 37.7 Å². The van der Waals surface area contributed by atoms with Gasteiger partial charge in [-0.3, -0.25) is 9.59 Å². The minimum Gasteiger partial charge on any atom is -0.454 e. The van der Waals surface area contributed by atoms with Crippen molar-refractivity contribution in [2.75, 3.05) is 0 Å². The average molecular weight is 423 g/mol. The first-order chi connectivity index (χ1) is 14.7. The van der Waals surface area contributed by atoms with Gasteiger partial charge in [-0.15, -0.1) is 0 Å². The maximum absolute atomic E-state index is 12.1. The van der Waals surface area contributed by atoms with Gasteiger partial charge < -0.3 is 4.74 Å². The highest BCUT2D eigenvalue weighted by Crippen LogP contribution is 2.24. The van der Waals surface area contributed by atoms with Crippen LogP contribution in [0.5, 0.6) is 0 Å². The van der Waals surface area contributed by atoms with Gasteiger partial charge in [0.2, 0.25) is 0 Å². The van der Waals surface area contributed by atoms with E-state index in [-0.39, 0.29) is 23.6 Å². The molecular formula is C27H34O4. The Labute approximate surface area is 186 Å². The maximum atomic E-state index is 12.1. The molecule has 1 aliphatic carbocycles. The molecule has 0 aromatic heterocycles. The van der Waals surface area contributed by atoms with Gasteiger partial charge in [0.15, 0.2) is 11.6 Å². The first-order valence-electron chi connectivity index (χ1n) is 11.0. The van der Waals surface area contributed by atoms with Gasteiger partial charge in [0.05, 0.1) is 0 Å². The molecule has 4 nitrogen and oxygen atoms in total. The molecule has 0 bridgehead atoms. The van der Waals surface area contributed by atoms with Crippen molar-refractivity contribution in [3.8, 4) is 0 Å². The molecule has 1 atom stereocenters. The molecule has 0 amide bonds. The van der Waals surface area contributed by atoms with Gasteiger partial charge in [-0.1, -0.05) is 34.9 Å². The molecule has 31 heavy (non-hydrogen) atoms. The monoisotopic (exact) mass is 422 g/mol. The van der Waals surface area contributed by atoms with E-state index >= 15 is 0 Å². The fourth-order valence-corrected chi connectivity index (χ4v) is 3.64. The summed E-state index contributed by atoms with van der Waals surface area (Å²) >= 11 is 0. The van der Waals surface area contributed by atoms with Crippen molar-refractivity contribution >= 4 is 17.5 Å². The van der Waals surface area contributed by atoms with Crippen LogP contribution in [0.3, 0.4) is 0 Å². The van der Waals surface area contributed by atoms with Crippen molar-refractivity contribution in [1.82, 2.24) is 0 Å². The Balaban J connectivity index is 1.79. The zero-order chi connectivity index (χ0) is 23.0. The predicted octanol–water partition coefficient (Wildman–Crippen LogP) is 6.06. The van der Waals surface area contributed by atoms with Crippen molar-refractivity contribution in [2.45, 2.75) is 79.2 Å². The third-order valence-electron chi connectivity index (χ3n) is 5.42. The highest BCUT2D eigenvalue weighted by molar-refractivity contribution is 6.20. The van der Waals surface area contributed by atoms with Crippen molar-refractivity contribution in [3.63, 3.8) is 0 Å². The van der Waals surface area contributed by atoms with Crippen LogP contribution in [-0.4, -0.2) is 23.6 Å². The average Bonchev–Trinajstić information content (AvgIpc) is 3.02. The summed E-state index contributed by atoms with van der Waals surface area (Å²) in [6, 6.07) is 0. The fourth-order valence-electron chi connectivity index (χ4n) is 3.64. The van der Waals surface area contributed by atoms with Crippen LogP contribution >= 0.6 is 0 Å². The normalized spacial score (nSPS) is 19.7. The summed E-state index contributed by atoms with van der Waals surface area (Å²) in [5, 5.41) is 0. The van der Waals surface area contributed by atoms with Gasteiger partial charge in [-0.05, 0) is 85.0 Å². The largest absolute Gasteiger partial charge is 0.454 e. The zero-order valence-electron chi connectivity index (χ0n) is 19.4. The molecule has 1 aliphatic heterocycles. The van der Waals surface area contributed by atoms with E-state index in [4.69, 9.17) is 4.74 Å². The van der Waals surface area contributed by atoms with Gasteiger partial charge in [0.1, 0.15) is 6.10 Å². The standard InChI is InChI=1S/C27H34O4/c1-18(2)8-6-11-23-17-25(31-27(23)30)14-20(4)10-7-9-19(3)12-13-22-16-24(28)15-21(5)26(22)29/h8,10,12,15-17,25H,6-7,9,11,13-14H2,1-5H3/b19-12+,20-10+. The molecule has 2 aliphatic rings. The van der Waals surface area contributed by atoms with Crippen molar-refractivity contribution in [2.24, 2.45) is 0 Å². The Morgan fingerprint density at radius 2 is 1.68 bits per heavy atom. The van der Waals surface area contributed by atoms with Crippen LogP contribution in [0.1, 0.15) is 73.1 Å². The number of esters is 1. The Kier molecular flexibility index (Phi) is 9.17. The van der Waals surface area contributed by atoms with Gasteiger partial charge >= 0.3 is 5.97 Å². The van der Waals surface area contributed by atoms with Crippen LogP contribution in [0, 0.1) is 0 Å². The van der Waals surface area contributed by atoms with E-state index in [1.165, 1.54) is 28.9 Å². The molecule has 2 rings (SSSR count). The molecule has 0 N–H and O–H groups in total. The van der Waals surface area contributed by atoms with Crippen LogP contribution in [0.4, 0.5) is 0 Å². The van der Waals surface area contributed by atoms with Crippen LogP contribution in [0.2, 0.25) is 0 Å². The summed E-state index contributed by atoms with van der Waals surface area (Å²) in [6.07, 6.45) is 15.5. The Morgan fingerprint density at radius 3 is 2.39 bits per heavy atom. The smallest absolute Gasteiger partial charge is 0.334 e. The quantitative estimate of drug-likeness (QED) is 0.244. The molecule has 1 heterocycles. The summed E-state index contributed by atoms with van der Waals surface area (Å²) in [5.74, 6) is -0.342. The van der Waals surface area contributed by atoms with Crippen molar-refractivity contribution in [3.05, 3.63) is 69.9 Å². The van der Waals surface area contributed by atoms with E-state index in [2.05, 4.69) is 32.9 Å². The highest BCUT2D eigenvalue weighted by atomic mass is 16.5. The minimum absolute atomic E-state index is 0.0428. The zero-order valence-corrected chi connectivity index (χ0v) is 19.4. The lowest BCUT2D eigenvalue weighted by molar-refractivity contribution is -0.139. The second-order valence-corrected chi connectivity index (χ2v) is 8.73. The summed E-state index contributed by atoms with van der Waals surface area (Å²) in [6.45, 7) is 9.90. The van der Waals surface area contributed by atoms with Crippen LogP contribution in [0.25, 0.3) is 0 Å². The number of hydrogen-bond acceptors (Lipinski definition) is 4. The number of allylic oxidation sites excluding steroid dienone is 9. The van der Waals surface area contributed by atoms with Gasteiger partial charge in [0.25, 0.3) is 0 Å². The second-order valence-electron chi connectivity index (χ2n) is 8.73. The van der Waals surface area contributed by atoms with Crippen molar-refractivity contribution in [1.29, 1.82) is 0 Å². The SMILES string of the molecule is CC(C)=CCCC1=CC(C/C(C)=C/CC/C(C)=C/CC2=CC(=O)C=C(C)C2=O)OC1=O. The van der Waals surface area contributed by atoms with Crippen LogP contribution in [0.15, 0.2) is 69.9 Å². The summed E-state index contributed by atoms with van der Waals surface area (Å²) in [7, 11) is 0. The van der Waals surface area contributed by atoms with Gasteiger partial charge in [-0.2, -0.15) is 0 Å². The number of cyclic esters (lactones) is 1. The van der Waals surface area contributed by atoms with E-state index in [1.54, 1.807) is 6.92 Å². The Hall–Kier alpha value is -2.75. The van der Waals surface area contributed by atoms with E-state index in [1.807, 2.05) is 19.1 Å². The summed E-state index contributed by atoms with van der Waals surface area (Å²) < 4.78 is 5.49. The first kappa shape index (κ1) is 24.5. The lowest BCUT2D eigenvalue weighted by Crippen LogP contribution is -2.12. The fraction of sp³-hybridized carbons (Fsp3) is 0.444. The lowest BCUT2D eigenvalue weighted by atomic mass is 9.94. The molecule has 0 saturated carbocycles. The third-order valence-corrected chi connectivity index (χ3v) is 5.42. The summed E-state index contributed by atoms with van der Waals surface area (Å²) in [4.78, 5) is 35.7. The summed E-state index contributed by atoms with van der Waals surface area (Å²) in [5.41, 5.74) is 5.49. The minimum atomic E-state index is -0.186. The molecule has 1 unspecified atom stereocenters. The molecule has 0 radical (unpaired) electrons. The number of rotatable bonds is 10. The number of carbonyl (C=O) groups excluding carboxylic acids is 3. The Morgan fingerprint density at radius 1 is 0.935 bits per heavy atom. The molecule has 0 aromatic rings. The van der Waals surface area contributed by atoms with Gasteiger partial charge in [0, 0.05) is 23.1 Å². The second kappa shape index (κ2) is 11.6. The number of ether oxygens (including phenoxy) is 1. The number of carbonyl (C=O) groups is 3. The van der Waals surface area contributed by atoms with Gasteiger partial charge in [-0.25, -0.2) is 4.79 Å². The number of hydrogen-bond donors (Lipinski definition) is 0. The Bertz CT molecular complexity index is 915. The molecule has 0 fully saturated rings. The maximum Gasteiger partial charge on any atom is 0.334 e. The third kappa shape index (κ3) is 8.12. The number of ketones is 2. The predicted molar refractivity (Wildman–Crippen MR) is 124 cm³/mol. The highest BCUT2D eigenvalue weighted by Gasteiger charge is 2.24. The molecular weight excluding hydrogens is 388 g/mol. The molecule has 166 valence electrons. The van der Waals surface area contributed by atoms with Crippen LogP contribution < -0.4 is 0 Å².